The minimum absolute atomic E-state index is 0.0994. The largest absolute Gasteiger partial charge is 0.444 e. The SMILES string of the molecule is CC(=O)[C@H]1[C@@H](CNC(=O)OC(C)(C)C)C[C@@H]2CN1C(=O)N2OCc1ccccc1. The lowest BCUT2D eigenvalue weighted by Crippen LogP contribution is -2.53. The number of alkyl carbamates (subject to hydrolysis) is 1. The van der Waals surface area contributed by atoms with Crippen LogP contribution in [0.4, 0.5) is 9.59 Å². The molecular formula is C21H29N3O5. The van der Waals surface area contributed by atoms with E-state index in [-0.39, 0.29) is 36.9 Å². The van der Waals surface area contributed by atoms with Crippen molar-refractivity contribution in [1.82, 2.24) is 15.3 Å². The van der Waals surface area contributed by atoms with Crippen molar-refractivity contribution < 1.29 is 24.0 Å². The van der Waals surface area contributed by atoms with Gasteiger partial charge < -0.3 is 15.0 Å². The highest BCUT2D eigenvalue weighted by Gasteiger charge is 2.51. The van der Waals surface area contributed by atoms with Crippen molar-refractivity contribution in [3.05, 3.63) is 35.9 Å². The molecule has 3 amide bonds. The predicted octanol–water partition coefficient (Wildman–Crippen LogP) is 2.73. The van der Waals surface area contributed by atoms with Crippen molar-refractivity contribution in [1.29, 1.82) is 0 Å². The van der Waals surface area contributed by atoms with Crippen LogP contribution in [-0.4, -0.2) is 58.6 Å². The standard InChI is InChI=1S/C21H29N3O5/c1-14(25)18-16(11-22-19(26)29-21(2,3)4)10-17-12-23(18)20(27)24(17)28-13-15-8-6-5-7-9-15/h5-9,16-18H,10-13H2,1-4H3,(H,22,26)/t16-,17-,18+/m1/s1. The minimum atomic E-state index is -0.600. The number of nitrogens with one attached hydrogen (secondary N) is 1. The Balaban J connectivity index is 1.65. The Morgan fingerprint density at radius 2 is 1.90 bits per heavy atom. The molecule has 1 aromatic rings. The molecule has 29 heavy (non-hydrogen) atoms. The molecule has 0 aromatic heterocycles. The van der Waals surface area contributed by atoms with Gasteiger partial charge in [-0.25, -0.2) is 9.59 Å². The molecule has 2 aliphatic heterocycles. The molecule has 2 bridgehead atoms. The Bertz CT molecular complexity index is 761. The molecule has 3 rings (SSSR count). The maximum atomic E-state index is 12.9. The quantitative estimate of drug-likeness (QED) is 0.789. The summed E-state index contributed by atoms with van der Waals surface area (Å²) in [5, 5.41) is 4.12. The summed E-state index contributed by atoms with van der Waals surface area (Å²) in [6, 6.07) is 8.56. The summed E-state index contributed by atoms with van der Waals surface area (Å²) in [5.74, 6) is -0.300. The first-order valence-corrected chi connectivity index (χ1v) is 9.89. The first-order chi connectivity index (χ1) is 13.7. The van der Waals surface area contributed by atoms with E-state index in [4.69, 9.17) is 9.57 Å². The number of rotatable bonds is 6. The molecule has 2 heterocycles. The summed E-state index contributed by atoms with van der Waals surface area (Å²) in [6.45, 7) is 7.83. The van der Waals surface area contributed by atoms with Gasteiger partial charge in [0.2, 0.25) is 0 Å². The number of hydroxylamine groups is 2. The minimum Gasteiger partial charge on any atom is -0.444 e. The van der Waals surface area contributed by atoms with Gasteiger partial charge in [0.15, 0.2) is 5.78 Å². The highest BCUT2D eigenvalue weighted by atomic mass is 16.7. The van der Waals surface area contributed by atoms with Crippen LogP contribution < -0.4 is 5.32 Å². The van der Waals surface area contributed by atoms with E-state index in [2.05, 4.69) is 5.32 Å². The average molecular weight is 403 g/mol. The average Bonchev–Trinajstić information content (AvgIpc) is 2.88. The fraction of sp³-hybridized carbons (Fsp3) is 0.571. The van der Waals surface area contributed by atoms with Crippen molar-refractivity contribution in [2.45, 2.75) is 58.4 Å². The molecule has 2 fully saturated rings. The molecule has 2 aliphatic rings. The number of urea groups is 1. The number of piperidine rings is 1. The van der Waals surface area contributed by atoms with Gasteiger partial charge in [-0.1, -0.05) is 30.3 Å². The van der Waals surface area contributed by atoms with Crippen LogP contribution in [0.25, 0.3) is 0 Å². The molecule has 1 N–H and O–H groups in total. The molecule has 8 nitrogen and oxygen atoms in total. The number of ether oxygens (including phenoxy) is 1. The van der Waals surface area contributed by atoms with Crippen LogP contribution >= 0.6 is 0 Å². The smallest absolute Gasteiger partial charge is 0.407 e. The number of carbonyl (C=O) groups is 3. The van der Waals surface area contributed by atoms with Gasteiger partial charge in [0.1, 0.15) is 12.2 Å². The zero-order chi connectivity index (χ0) is 21.2. The van der Waals surface area contributed by atoms with Crippen molar-refractivity contribution in [2.24, 2.45) is 5.92 Å². The molecule has 0 spiro atoms. The molecule has 1 aromatic carbocycles. The summed E-state index contributed by atoms with van der Waals surface area (Å²) < 4.78 is 5.27. The Labute approximate surface area is 171 Å². The Morgan fingerprint density at radius 3 is 2.52 bits per heavy atom. The van der Waals surface area contributed by atoms with Gasteiger partial charge in [-0.05, 0) is 39.7 Å². The van der Waals surface area contributed by atoms with Crippen LogP contribution in [0.15, 0.2) is 30.3 Å². The zero-order valence-electron chi connectivity index (χ0n) is 17.4. The molecule has 2 saturated heterocycles. The van der Waals surface area contributed by atoms with E-state index in [1.165, 1.54) is 12.0 Å². The summed E-state index contributed by atoms with van der Waals surface area (Å²) >= 11 is 0. The van der Waals surface area contributed by atoms with E-state index in [9.17, 15) is 14.4 Å². The second-order valence-corrected chi connectivity index (χ2v) is 8.61. The first-order valence-electron chi connectivity index (χ1n) is 9.89. The monoisotopic (exact) mass is 403 g/mol. The normalized spacial score (nSPS) is 23.9. The molecule has 0 aliphatic carbocycles. The Kier molecular flexibility index (Phi) is 6.12. The number of benzene rings is 1. The van der Waals surface area contributed by atoms with Gasteiger partial charge in [-0.15, -0.1) is 0 Å². The topological polar surface area (TPSA) is 88.2 Å². The Hall–Kier alpha value is -2.61. The summed E-state index contributed by atoms with van der Waals surface area (Å²) in [5.41, 5.74) is 0.361. The molecule has 158 valence electrons. The lowest BCUT2D eigenvalue weighted by atomic mass is 9.86. The number of amides is 3. The van der Waals surface area contributed by atoms with Crippen molar-refractivity contribution in [3.8, 4) is 0 Å². The highest BCUT2D eigenvalue weighted by Crippen LogP contribution is 2.34. The van der Waals surface area contributed by atoms with Crippen LogP contribution in [0, 0.1) is 5.92 Å². The summed E-state index contributed by atoms with van der Waals surface area (Å²) in [6.07, 6.45) is 0.0353. The second kappa shape index (κ2) is 8.41. The van der Waals surface area contributed by atoms with Gasteiger partial charge in [0, 0.05) is 19.0 Å². The second-order valence-electron chi connectivity index (χ2n) is 8.61. The fourth-order valence-electron chi connectivity index (χ4n) is 3.95. The third-order valence-corrected chi connectivity index (χ3v) is 5.07. The molecule has 0 radical (unpaired) electrons. The lowest BCUT2D eigenvalue weighted by Gasteiger charge is -2.36. The third kappa shape index (κ3) is 5.06. The predicted molar refractivity (Wildman–Crippen MR) is 106 cm³/mol. The number of hydrogen-bond acceptors (Lipinski definition) is 5. The van der Waals surface area contributed by atoms with E-state index >= 15 is 0 Å². The van der Waals surface area contributed by atoms with Crippen molar-refractivity contribution in [2.75, 3.05) is 13.1 Å². The zero-order valence-corrected chi connectivity index (χ0v) is 17.4. The van der Waals surface area contributed by atoms with Crippen LogP contribution in [0.5, 0.6) is 0 Å². The van der Waals surface area contributed by atoms with E-state index in [1.807, 2.05) is 30.3 Å². The lowest BCUT2D eigenvalue weighted by molar-refractivity contribution is -0.142. The third-order valence-electron chi connectivity index (χ3n) is 5.07. The van der Waals surface area contributed by atoms with Gasteiger partial charge >= 0.3 is 12.1 Å². The van der Waals surface area contributed by atoms with E-state index in [1.54, 1.807) is 25.7 Å². The number of carbonyl (C=O) groups excluding carboxylic acids is 3. The number of hydrogen-bond donors (Lipinski definition) is 1. The molecule has 0 saturated carbocycles. The van der Waals surface area contributed by atoms with Crippen LogP contribution in [0.3, 0.4) is 0 Å². The molecule has 0 unspecified atom stereocenters. The fourth-order valence-corrected chi connectivity index (χ4v) is 3.95. The van der Waals surface area contributed by atoms with E-state index in [0.29, 0.717) is 13.0 Å². The number of nitrogens with zero attached hydrogens (tertiary/aromatic N) is 2. The number of fused-ring (bicyclic) bond motifs is 2. The van der Waals surface area contributed by atoms with Gasteiger partial charge in [0.05, 0.1) is 12.1 Å². The number of ketones is 1. The number of Topliss-reactive ketones (excluding diaryl/α,β-unsaturated/α-hetero) is 1. The Morgan fingerprint density at radius 1 is 1.21 bits per heavy atom. The highest BCUT2D eigenvalue weighted by molar-refractivity contribution is 5.88. The summed E-state index contributed by atoms with van der Waals surface area (Å²) in [7, 11) is 0. The molecular weight excluding hydrogens is 374 g/mol. The van der Waals surface area contributed by atoms with Crippen molar-refractivity contribution in [3.63, 3.8) is 0 Å². The maximum Gasteiger partial charge on any atom is 0.407 e. The summed E-state index contributed by atoms with van der Waals surface area (Å²) in [4.78, 5) is 44.5. The van der Waals surface area contributed by atoms with Crippen LogP contribution in [-0.2, 0) is 21.0 Å². The van der Waals surface area contributed by atoms with E-state index in [0.717, 1.165) is 5.56 Å². The maximum absolute atomic E-state index is 12.9. The molecule has 8 heteroatoms. The first kappa shape index (κ1) is 21.1. The molecule has 3 atom stereocenters. The van der Waals surface area contributed by atoms with Crippen LogP contribution in [0.2, 0.25) is 0 Å². The van der Waals surface area contributed by atoms with Gasteiger partial charge in [-0.3, -0.25) is 9.63 Å². The van der Waals surface area contributed by atoms with Gasteiger partial charge in [-0.2, -0.15) is 5.06 Å². The van der Waals surface area contributed by atoms with E-state index < -0.39 is 17.7 Å². The van der Waals surface area contributed by atoms with Crippen molar-refractivity contribution >= 4 is 17.9 Å². The van der Waals surface area contributed by atoms with Gasteiger partial charge in [0.25, 0.3) is 0 Å². The van der Waals surface area contributed by atoms with Crippen LogP contribution in [0.1, 0.15) is 39.7 Å².